The third-order valence-electron chi connectivity index (χ3n) is 5.21. The summed E-state index contributed by atoms with van der Waals surface area (Å²) in [4.78, 5) is 0. The number of rotatable bonds is 5. The Balaban J connectivity index is 1.61. The predicted molar refractivity (Wildman–Crippen MR) is 90.0 cm³/mol. The normalized spacial score (nSPS) is 28.6. The van der Waals surface area contributed by atoms with Crippen molar-refractivity contribution in [1.29, 1.82) is 0 Å². The van der Waals surface area contributed by atoms with Gasteiger partial charge in [0.25, 0.3) is 0 Å². The van der Waals surface area contributed by atoms with Crippen LogP contribution in [-0.4, -0.2) is 28.3 Å². The molecule has 1 aliphatic carbocycles. The Labute approximate surface area is 131 Å². The molecule has 1 atom stereocenters. The molecular weight excluding hydrogens is 278 g/mol. The average Bonchev–Trinajstić information content (AvgIpc) is 3.05. The fraction of sp³-hybridized carbons (Fsp3) is 0.667. The lowest BCUT2D eigenvalue weighted by Crippen LogP contribution is -2.39. The topological polar surface area (TPSA) is 29.1 Å². The van der Waals surface area contributed by atoms with Crippen LogP contribution in [0.4, 0.5) is 0 Å². The van der Waals surface area contributed by atoms with E-state index >= 15 is 0 Å². The van der Waals surface area contributed by atoms with Crippen LogP contribution < -0.4 is 5.32 Å². The highest BCUT2D eigenvalue weighted by Gasteiger charge is 2.27. The SMILES string of the molecule is O=S1CCC(NC[C@H](c2ccccc2)C2CCCC2)CC1. The molecule has 3 heteroatoms. The highest BCUT2D eigenvalue weighted by atomic mass is 32.2. The van der Waals surface area contributed by atoms with E-state index in [0.29, 0.717) is 12.0 Å². The predicted octanol–water partition coefficient (Wildman–Crippen LogP) is 3.46. The van der Waals surface area contributed by atoms with Crippen LogP contribution in [0, 0.1) is 5.92 Å². The summed E-state index contributed by atoms with van der Waals surface area (Å²) in [6.07, 6.45) is 7.73. The number of benzene rings is 1. The van der Waals surface area contributed by atoms with E-state index in [1.807, 2.05) is 0 Å². The van der Waals surface area contributed by atoms with Crippen molar-refractivity contribution in [2.75, 3.05) is 18.1 Å². The van der Waals surface area contributed by atoms with Gasteiger partial charge in [-0.1, -0.05) is 43.2 Å². The zero-order valence-electron chi connectivity index (χ0n) is 12.8. The minimum Gasteiger partial charge on any atom is -0.313 e. The smallest absolute Gasteiger partial charge is 0.0249 e. The molecule has 1 aromatic carbocycles. The van der Waals surface area contributed by atoms with Gasteiger partial charge in [0.05, 0.1) is 0 Å². The van der Waals surface area contributed by atoms with Gasteiger partial charge in [0.15, 0.2) is 0 Å². The first-order valence-corrected chi connectivity index (χ1v) is 9.95. The van der Waals surface area contributed by atoms with E-state index < -0.39 is 10.8 Å². The van der Waals surface area contributed by atoms with Crippen molar-refractivity contribution in [3.63, 3.8) is 0 Å². The van der Waals surface area contributed by atoms with Gasteiger partial charge in [0, 0.05) is 34.9 Å². The van der Waals surface area contributed by atoms with Gasteiger partial charge in [-0.15, -0.1) is 0 Å². The minimum absolute atomic E-state index is 0.553. The molecule has 1 aliphatic heterocycles. The monoisotopic (exact) mass is 305 g/mol. The summed E-state index contributed by atoms with van der Waals surface area (Å²) in [6.45, 7) is 1.09. The molecule has 1 aromatic rings. The number of hydrogen-bond acceptors (Lipinski definition) is 2. The second kappa shape index (κ2) is 7.55. The molecule has 2 aliphatic rings. The molecule has 0 unspecified atom stereocenters. The van der Waals surface area contributed by atoms with E-state index in [1.165, 1.54) is 31.2 Å². The minimum atomic E-state index is -0.553. The van der Waals surface area contributed by atoms with Crippen molar-refractivity contribution in [2.24, 2.45) is 5.92 Å². The molecule has 116 valence electrons. The molecule has 1 saturated carbocycles. The Hall–Kier alpha value is -0.670. The van der Waals surface area contributed by atoms with Gasteiger partial charge >= 0.3 is 0 Å². The summed E-state index contributed by atoms with van der Waals surface area (Å²) in [5.41, 5.74) is 1.50. The van der Waals surface area contributed by atoms with Gasteiger partial charge in [0.1, 0.15) is 0 Å². The average molecular weight is 305 g/mol. The van der Waals surface area contributed by atoms with E-state index in [0.717, 1.165) is 36.8 Å². The first kappa shape index (κ1) is 15.2. The Bertz CT molecular complexity index is 446. The first-order valence-electron chi connectivity index (χ1n) is 8.46. The van der Waals surface area contributed by atoms with E-state index in [2.05, 4.69) is 35.6 Å². The van der Waals surface area contributed by atoms with Crippen molar-refractivity contribution in [1.82, 2.24) is 5.32 Å². The van der Waals surface area contributed by atoms with Crippen LogP contribution in [-0.2, 0) is 10.8 Å². The van der Waals surface area contributed by atoms with Gasteiger partial charge in [-0.2, -0.15) is 0 Å². The molecule has 1 heterocycles. The van der Waals surface area contributed by atoms with Crippen LogP contribution in [0.3, 0.4) is 0 Å². The Kier molecular flexibility index (Phi) is 5.48. The summed E-state index contributed by atoms with van der Waals surface area (Å²) >= 11 is 0. The molecule has 3 rings (SSSR count). The van der Waals surface area contributed by atoms with Crippen LogP contribution in [0.2, 0.25) is 0 Å². The van der Waals surface area contributed by atoms with E-state index in [4.69, 9.17) is 0 Å². The lowest BCUT2D eigenvalue weighted by Gasteiger charge is -2.29. The molecule has 0 aromatic heterocycles. The third-order valence-corrected chi connectivity index (χ3v) is 6.59. The van der Waals surface area contributed by atoms with Crippen LogP contribution in [0.25, 0.3) is 0 Å². The maximum atomic E-state index is 11.5. The fourth-order valence-electron chi connectivity index (χ4n) is 3.91. The molecule has 0 spiro atoms. The van der Waals surface area contributed by atoms with Crippen molar-refractivity contribution >= 4 is 10.8 Å². The molecule has 1 saturated heterocycles. The maximum Gasteiger partial charge on any atom is 0.0249 e. The van der Waals surface area contributed by atoms with Crippen molar-refractivity contribution < 1.29 is 4.21 Å². The molecule has 0 radical (unpaired) electrons. The van der Waals surface area contributed by atoms with E-state index in [-0.39, 0.29) is 0 Å². The lowest BCUT2D eigenvalue weighted by molar-refractivity contribution is 0.376. The Morgan fingerprint density at radius 3 is 2.38 bits per heavy atom. The van der Waals surface area contributed by atoms with Gasteiger partial charge in [0.2, 0.25) is 0 Å². The fourth-order valence-corrected chi connectivity index (χ4v) is 5.21. The van der Waals surface area contributed by atoms with Crippen LogP contribution in [0.1, 0.15) is 50.0 Å². The second-order valence-electron chi connectivity index (χ2n) is 6.59. The molecule has 2 fully saturated rings. The van der Waals surface area contributed by atoms with Gasteiger partial charge in [-0.05, 0) is 43.1 Å². The molecule has 0 amide bonds. The van der Waals surface area contributed by atoms with Crippen LogP contribution in [0.15, 0.2) is 30.3 Å². The van der Waals surface area contributed by atoms with Gasteiger partial charge in [-0.3, -0.25) is 4.21 Å². The summed E-state index contributed by atoms with van der Waals surface area (Å²) in [5.74, 6) is 3.27. The second-order valence-corrected chi connectivity index (χ2v) is 8.29. The third kappa shape index (κ3) is 4.17. The van der Waals surface area contributed by atoms with E-state index in [1.54, 1.807) is 0 Å². The molecular formula is C18H27NOS. The Morgan fingerprint density at radius 2 is 1.71 bits per heavy atom. The standard InChI is InChI=1S/C18H27NOS/c20-21-12-10-17(11-13-21)19-14-18(16-8-4-5-9-16)15-6-2-1-3-7-15/h1-3,6-7,16-19H,4-5,8-14H2/t17?,18-,21?/m1/s1. The van der Waals surface area contributed by atoms with Gasteiger partial charge in [-0.25, -0.2) is 0 Å². The largest absolute Gasteiger partial charge is 0.313 e. The van der Waals surface area contributed by atoms with Crippen molar-refractivity contribution in [2.45, 2.75) is 50.5 Å². The molecule has 2 nitrogen and oxygen atoms in total. The quantitative estimate of drug-likeness (QED) is 0.902. The van der Waals surface area contributed by atoms with Crippen molar-refractivity contribution in [3.8, 4) is 0 Å². The molecule has 1 N–H and O–H groups in total. The zero-order valence-corrected chi connectivity index (χ0v) is 13.6. The maximum absolute atomic E-state index is 11.5. The summed E-state index contributed by atoms with van der Waals surface area (Å²) < 4.78 is 11.5. The summed E-state index contributed by atoms with van der Waals surface area (Å²) in [5, 5.41) is 3.78. The van der Waals surface area contributed by atoms with Gasteiger partial charge < -0.3 is 5.32 Å². The van der Waals surface area contributed by atoms with Crippen LogP contribution in [0.5, 0.6) is 0 Å². The summed E-state index contributed by atoms with van der Waals surface area (Å²) in [6, 6.07) is 11.6. The first-order chi connectivity index (χ1) is 10.3. The highest BCUT2D eigenvalue weighted by Crippen LogP contribution is 2.37. The summed E-state index contributed by atoms with van der Waals surface area (Å²) in [7, 11) is -0.553. The van der Waals surface area contributed by atoms with Crippen LogP contribution >= 0.6 is 0 Å². The zero-order chi connectivity index (χ0) is 14.5. The molecule has 21 heavy (non-hydrogen) atoms. The molecule has 0 bridgehead atoms. The van der Waals surface area contributed by atoms with E-state index in [9.17, 15) is 4.21 Å². The lowest BCUT2D eigenvalue weighted by atomic mass is 9.84. The highest BCUT2D eigenvalue weighted by molar-refractivity contribution is 7.85. The van der Waals surface area contributed by atoms with Crippen molar-refractivity contribution in [3.05, 3.63) is 35.9 Å². The number of hydrogen-bond donors (Lipinski definition) is 1. The Morgan fingerprint density at radius 1 is 1.05 bits per heavy atom. The number of nitrogens with one attached hydrogen (secondary N) is 1.